The molecule has 2 unspecified atom stereocenters. The van der Waals surface area contributed by atoms with Gasteiger partial charge in [-0.3, -0.25) is 0 Å². The zero-order valence-electron chi connectivity index (χ0n) is 11.0. The smallest absolute Gasteiger partial charge is 0.156 e. The number of rotatable bonds is 11. The molecule has 0 aromatic heterocycles. The van der Waals surface area contributed by atoms with Gasteiger partial charge in [-0.15, -0.1) is 0 Å². The second-order valence-electron chi connectivity index (χ2n) is 4.33. The minimum Gasteiger partial charge on any atom is -0.368 e. The number of aliphatic hydroxyl groups is 1. The molecule has 0 rings (SSSR count). The second kappa shape index (κ2) is 11.7. The van der Waals surface area contributed by atoms with Crippen molar-refractivity contribution in [2.45, 2.75) is 58.2 Å². The number of hydrogen-bond acceptors (Lipinski definition) is 3. The lowest BCUT2D eigenvalue weighted by molar-refractivity contribution is -0.116. The van der Waals surface area contributed by atoms with Gasteiger partial charge in [-0.25, -0.2) is 0 Å². The van der Waals surface area contributed by atoms with Gasteiger partial charge in [-0.1, -0.05) is 44.1 Å². The van der Waals surface area contributed by atoms with Crippen LogP contribution in [0.4, 0.5) is 0 Å². The molecule has 5 heteroatoms. The van der Waals surface area contributed by atoms with Crippen molar-refractivity contribution in [2.24, 2.45) is 11.0 Å². The highest BCUT2D eigenvalue weighted by atomic mass is 16.6. The summed E-state index contributed by atoms with van der Waals surface area (Å²) in [6, 6.07) is 0. The SMILES string of the molecule is CCCCCCCC(CCN=[N+]=[N-])C(O)OC. The highest BCUT2D eigenvalue weighted by Gasteiger charge is 2.17. The fourth-order valence-electron chi connectivity index (χ4n) is 1.90. The van der Waals surface area contributed by atoms with Crippen LogP contribution in [0.15, 0.2) is 5.11 Å². The van der Waals surface area contributed by atoms with Gasteiger partial charge in [0.25, 0.3) is 0 Å². The third-order valence-corrected chi connectivity index (χ3v) is 2.99. The Bertz CT molecular complexity index is 218. The number of azide groups is 1. The Labute approximate surface area is 104 Å². The first-order valence-corrected chi connectivity index (χ1v) is 6.48. The molecule has 0 radical (unpaired) electrons. The van der Waals surface area contributed by atoms with E-state index in [1.165, 1.54) is 32.8 Å². The molecule has 0 saturated heterocycles. The Morgan fingerprint density at radius 3 is 2.53 bits per heavy atom. The fraction of sp³-hybridized carbons (Fsp3) is 1.00. The van der Waals surface area contributed by atoms with E-state index in [0.717, 1.165) is 12.8 Å². The molecule has 0 bridgehead atoms. The van der Waals surface area contributed by atoms with E-state index in [9.17, 15) is 5.11 Å². The third kappa shape index (κ3) is 8.98. The maximum Gasteiger partial charge on any atom is 0.156 e. The highest BCUT2D eigenvalue weighted by Crippen LogP contribution is 2.19. The van der Waals surface area contributed by atoms with E-state index in [2.05, 4.69) is 16.9 Å². The van der Waals surface area contributed by atoms with Crippen LogP contribution >= 0.6 is 0 Å². The Balaban J connectivity index is 3.80. The summed E-state index contributed by atoms with van der Waals surface area (Å²) in [5.74, 6) is 0.0760. The molecule has 0 aromatic carbocycles. The fourth-order valence-corrected chi connectivity index (χ4v) is 1.90. The summed E-state index contributed by atoms with van der Waals surface area (Å²) >= 11 is 0. The van der Waals surface area contributed by atoms with Gasteiger partial charge < -0.3 is 9.84 Å². The quantitative estimate of drug-likeness (QED) is 0.198. The van der Waals surface area contributed by atoms with E-state index in [4.69, 9.17) is 10.3 Å². The van der Waals surface area contributed by atoms with E-state index in [1.807, 2.05) is 0 Å². The first kappa shape index (κ1) is 16.2. The van der Waals surface area contributed by atoms with Gasteiger partial charge in [-0.2, -0.15) is 0 Å². The summed E-state index contributed by atoms with van der Waals surface area (Å²) in [5, 5.41) is 13.2. The van der Waals surface area contributed by atoms with Crippen molar-refractivity contribution in [3.8, 4) is 0 Å². The number of nitrogens with zero attached hydrogens (tertiary/aromatic N) is 3. The molecule has 0 aliphatic heterocycles. The van der Waals surface area contributed by atoms with Crippen molar-refractivity contribution < 1.29 is 9.84 Å². The average molecular weight is 243 g/mol. The van der Waals surface area contributed by atoms with Crippen LogP contribution < -0.4 is 0 Å². The Morgan fingerprint density at radius 1 is 1.24 bits per heavy atom. The summed E-state index contributed by atoms with van der Waals surface area (Å²) in [5.41, 5.74) is 8.21. The van der Waals surface area contributed by atoms with Gasteiger partial charge >= 0.3 is 0 Å². The van der Waals surface area contributed by atoms with Crippen molar-refractivity contribution in [3.63, 3.8) is 0 Å². The number of methoxy groups -OCH3 is 1. The summed E-state index contributed by atoms with van der Waals surface area (Å²) < 4.78 is 4.94. The van der Waals surface area contributed by atoms with Crippen LogP contribution in [0.1, 0.15) is 51.9 Å². The lowest BCUT2D eigenvalue weighted by Gasteiger charge is -2.20. The molecule has 0 aromatic rings. The van der Waals surface area contributed by atoms with E-state index < -0.39 is 6.29 Å². The van der Waals surface area contributed by atoms with Crippen molar-refractivity contribution in [2.75, 3.05) is 13.7 Å². The van der Waals surface area contributed by atoms with Crippen molar-refractivity contribution in [3.05, 3.63) is 10.4 Å². The normalized spacial score (nSPS) is 14.1. The summed E-state index contributed by atoms with van der Waals surface area (Å²) in [6.45, 7) is 2.62. The second-order valence-corrected chi connectivity index (χ2v) is 4.33. The number of hydrogen-bond donors (Lipinski definition) is 1. The molecule has 0 amide bonds. The maximum atomic E-state index is 9.66. The Hall–Kier alpha value is -0.770. The molecule has 17 heavy (non-hydrogen) atoms. The van der Waals surface area contributed by atoms with Crippen molar-refractivity contribution in [1.82, 2.24) is 0 Å². The number of ether oxygens (including phenoxy) is 1. The molecule has 0 spiro atoms. The van der Waals surface area contributed by atoms with Crippen molar-refractivity contribution in [1.29, 1.82) is 0 Å². The van der Waals surface area contributed by atoms with Gasteiger partial charge in [0, 0.05) is 24.5 Å². The highest BCUT2D eigenvalue weighted by molar-refractivity contribution is 4.64. The predicted molar refractivity (Wildman–Crippen MR) is 68.5 cm³/mol. The monoisotopic (exact) mass is 243 g/mol. The van der Waals surface area contributed by atoms with Crippen LogP contribution in [0.2, 0.25) is 0 Å². The lowest BCUT2D eigenvalue weighted by Crippen LogP contribution is -2.23. The van der Waals surface area contributed by atoms with Crippen LogP contribution in [-0.2, 0) is 4.74 Å². The van der Waals surface area contributed by atoms with E-state index in [1.54, 1.807) is 0 Å². The molecular formula is C12H25N3O2. The number of unbranched alkanes of at least 4 members (excludes halogenated alkanes) is 4. The van der Waals surface area contributed by atoms with Gasteiger partial charge in [-0.05, 0) is 18.4 Å². The zero-order chi connectivity index (χ0) is 12.9. The molecule has 0 fully saturated rings. The van der Waals surface area contributed by atoms with Gasteiger partial charge in [0.1, 0.15) is 0 Å². The van der Waals surface area contributed by atoms with Crippen molar-refractivity contribution >= 4 is 0 Å². The summed E-state index contributed by atoms with van der Waals surface area (Å²) in [7, 11) is 1.50. The van der Waals surface area contributed by atoms with E-state index in [0.29, 0.717) is 13.0 Å². The molecule has 100 valence electrons. The van der Waals surface area contributed by atoms with E-state index >= 15 is 0 Å². The molecule has 0 aliphatic carbocycles. The molecule has 5 nitrogen and oxygen atoms in total. The van der Waals surface area contributed by atoms with Gasteiger partial charge in [0.15, 0.2) is 6.29 Å². The molecule has 2 atom stereocenters. The van der Waals surface area contributed by atoms with E-state index in [-0.39, 0.29) is 5.92 Å². The summed E-state index contributed by atoms with van der Waals surface area (Å²) in [6.07, 6.45) is 6.94. The third-order valence-electron chi connectivity index (χ3n) is 2.99. The van der Waals surface area contributed by atoms with Crippen LogP contribution in [0, 0.1) is 5.92 Å². The first-order chi connectivity index (χ1) is 8.26. The maximum absolute atomic E-state index is 9.66. The van der Waals surface area contributed by atoms with Crippen LogP contribution in [-0.4, -0.2) is 25.1 Å². The molecule has 0 heterocycles. The molecular weight excluding hydrogens is 218 g/mol. The van der Waals surface area contributed by atoms with Crippen LogP contribution in [0.3, 0.4) is 0 Å². The largest absolute Gasteiger partial charge is 0.368 e. The Kier molecular flexibility index (Phi) is 11.2. The van der Waals surface area contributed by atoms with Crippen LogP contribution in [0.5, 0.6) is 0 Å². The Morgan fingerprint density at radius 2 is 1.94 bits per heavy atom. The summed E-state index contributed by atoms with van der Waals surface area (Å²) in [4.78, 5) is 2.72. The molecule has 0 aliphatic rings. The number of aliphatic hydroxyl groups excluding tert-OH is 1. The minimum absolute atomic E-state index is 0.0760. The zero-order valence-corrected chi connectivity index (χ0v) is 11.0. The first-order valence-electron chi connectivity index (χ1n) is 6.48. The van der Waals surface area contributed by atoms with Gasteiger partial charge in [0.05, 0.1) is 0 Å². The molecule has 0 saturated carbocycles. The van der Waals surface area contributed by atoms with Gasteiger partial charge in [0.2, 0.25) is 0 Å². The predicted octanol–water partition coefficient (Wildman–Crippen LogP) is 3.63. The van der Waals surface area contributed by atoms with Crippen LogP contribution in [0.25, 0.3) is 10.4 Å². The standard InChI is InChI=1S/C12H25N3O2/c1-3-4-5-6-7-8-11(12(16)17-2)9-10-14-15-13/h11-12,16H,3-10H2,1-2H3. The molecule has 1 N–H and O–H groups in total. The lowest BCUT2D eigenvalue weighted by atomic mass is 9.96. The topological polar surface area (TPSA) is 78.2 Å². The average Bonchev–Trinajstić information content (AvgIpc) is 2.35. The minimum atomic E-state index is -0.741.